The summed E-state index contributed by atoms with van der Waals surface area (Å²) in [5, 5.41) is 0. The quantitative estimate of drug-likeness (QED) is 0.544. The zero-order valence-corrected chi connectivity index (χ0v) is 5.77. The zero-order valence-electron chi connectivity index (χ0n) is 5.77. The fourth-order valence-corrected chi connectivity index (χ4v) is 0.337. The van der Waals surface area contributed by atoms with E-state index < -0.39 is 17.8 Å². The number of rotatable bonds is 1. The molecule has 0 saturated heterocycles. The molecule has 0 aliphatic rings. The largest absolute Gasteiger partial charge is 0.456 e. The summed E-state index contributed by atoms with van der Waals surface area (Å²) in [6.07, 6.45) is -5.83. The van der Waals surface area contributed by atoms with E-state index in [4.69, 9.17) is 0 Å². The van der Waals surface area contributed by atoms with Crippen molar-refractivity contribution in [3.05, 3.63) is 0 Å². The maximum Gasteiger partial charge on any atom is 0.456 e. The van der Waals surface area contributed by atoms with Gasteiger partial charge in [-0.1, -0.05) is 0 Å². The Balaban J connectivity index is 4.75. The van der Waals surface area contributed by atoms with Crippen LogP contribution in [0, 0.1) is 0 Å². The van der Waals surface area contributed by atoms with Gasteiger partial charge in [0.1, 0.15) is 0 Å². The van der Waals surface area contributed by atoms with Gasteiger partial charge in [0.15, 0.2) is 5.67 Å². The molecule has 0 saturated carbocycles. The van der Waals surface area contributed by atoms with Crippen molar-refractivity contribution in [3.63, 3.8) is 0 Å². The minimum Gasteiger partial charge on any atom is -0.237 e. The standard InChI is InChI=1S/C5H6F6/c1-3(2,6)4(7,8)5(9,10)11/h1-2H3. The molecule has 0 rings (SSSR count). The molecule has 0 fully saturated rings. The molecule has 68 valence electrons. The Labute approximate surface area is 59.2 Å². The van der Waals surface area contributed by atoms with Gasteiger partial charge in [-0.05, 0) is 13.8 Å². The third kappa shape index (κ3) is 1.78. The molecule has 0 bridgehead atoms. The lowest BCUT2D eigenvalue weighted by Crippen LogP contribution is -2.50. The molecule has 0 heterocycles. The van der Waals surface area contributed by atoms with E-state index in [1.54, 1.807) is 0 Å². The zero-order chi connectivity index (χ0) is 9.50. The van der Waals surface area contributed by atoms with E-state index in [1.165, 1.54) is 0 Å². The monoisotopic (exact) mass is 180 g/mol. The smallest absolute Gasteiger partial charge is 0.237 e. The second-order valence-electron chi connectivity index (χ2n) is 2.54. The molecule has 0 nitrogen and oxygen atoms in total. The molecule has 0 aliphatic carbocycles. The summed E-state index contributed by atoms with van der Waals surface area (Å²) in [4.78, 5) is 0. The molecule has 0 aromatic rings. The third-order valence-corrected chi connectivity index (χ3v) is 1.10. The van der Waals surface area contributed by atoms with Crippen molar-refractivity contribution in [2.45, 2.75) is 31.6 Å². The Hall–Kier alpha value is -0.420. The fraction of sp³-hybridized carbons (Fsp3) is 1.00. The van der Waals surface area contributed by atoms with Crippen LogP contribution in [0.2, 0.25) is 0 Å². The maximum absolute atomic E-state index is 12.2. The van der Waals surface area contributed by atoms with E-state index >= 15 is 0 Å². The van der Waals surface area contributed by atoms with Gasteiger partial charge in [0.2, 0.25) is 0 Å². The first-order chi connectivity index (χ1) is 4.50. The second kappa shape index (κ2) is 2.28. The highest BCUT2D eigenvalue weighted by Gasteiger charge is 2.67. The highest BCUT2D eigenvalue weighted by molar-refractivity contribution is 4.91. The maximum atomic E-state index is 12.2. The highest BCUT2D eigenvalue weighted by atomic mass is 19.4. The number of halogens is 6. The lowest BCUT2D eigenvalue weighted by molar-refractivity contribution is -0.321. The highest BCUT2D eigenvalue weighted by Crippen LogP contribution is 2.44. The first-order valence-electron chi connectivity index (χ1n) is 2.63. The molecule has 0 amide bonds. The fourth-order valence-electron chi connectivity index (χ4n) is 0.337. The third-order valence-electron chi connectivity index (χ3n) is 1.10. The summed E-state index contributed by atoms with van der Waals surface area (Å²) in [6, 6.07) is 0. The van der Waals surface area contributed by atoms with Gasteiger partial charge in [0.05, 0.1) is 0 Å². The van der Waals surface area contributed by atoms with Crippen LogP contribution < -0.4 is 0 Å². The van der Waals surface area contributed by atoms with Crippen LogP contribution in [0.5, 0.6) is 0 Å². The lowest BCUT2D eigenvalue weighted by Gasteiger charge is -2.28. The van der Waals surface area contributed by atoms with Gasteiger partial charge in [-0.3, -0.25) is 0 Å². The minimum absolute atomic E-state index is 0.181. The topological polar surface area (TPSA) is 0 Å². The number of hydrogen-bond donors (Lipinski definition) is 0. The Morgan fingerprint density at radius 2 is 1.00 bits per heavy atom. The summed E-state index contributed by atoms with van der Waals surface area (Å²) in [5.41, 5.74) is -3.58. The summed E-state index contributed by atoms with van der Waals surface area (Å²) >= 11 is 0. The molecular formula is C5H6F6. The van der Waals surface area contributed by atoms with Gasteiger partial charge < -0.3 is 0 Å². The number of hydrogen-bond acceptors (Lipinski definition) is 0. The molecular weight excluding hydrogens is 174 g/mol. The average molecular weight is 180 g/mol. The second-order valence-corrected chi connectivity index (χ2v) is 2.54. The molecule has 0 radical (unpaired) electrons. The normalized spacial score (nSPS) is 15.3. The Morgan fingerprint density at radius 1 is 0.727 bits per heavy atom. The molecule has 11 heavy (non-hydrogen) atoms. The van der Waals surface area contributed by atoms with Gasteiger partial charge >= 0.3 is 12.1 Å². The van der Waals surface area contributed by atoms with Crippen molar-refractivity contribution in [1.82, 2.24) is 0 Å². The van der Waals surface area contributed by atoms with E-state index in [2.05, 4.69) is 0 Å². The van der Waals surface area contributed by atoms with Crippen LogP contribution >= 0.6 is 0 Å². The van der Waals surface area contributed by atoms with E-state index in [1.807, 2.05) is 0 Å². The van der Waals surface area contributed by atoms with Crippen molar-refractivity contribution in [2.24, 2.45) is 0 Å². The van der Waals surface area contributed by atoms with Crippen molar-refractivity contribution in [3.8, 4) is 0 Å². The van der Waals surface area contributed by atoms with Gasteiger partial charge in [-0.25, -0.2) is 4.39 Å². The molecule has 0 N–H and O–H groups in total. The van der Waals surface area contributed by atoms with Crippen LogP contribution in [-0.4, -0.2) is 17.8 Å². The SMILES string of the molecule is CC(C)(F)C(F)(F)C(F)(F)F. The van der Waals surface area contributed by atoms with Gasteiger partial charge in [-0.15, -0.1) is 0 Å². The van der Waals surface area contributed by atoms with E-state index in [9.17, 15) is 26.3 Å². The van der Waals surface area contributed by atoms with E-state index in [-0.39, 0.29) is 13.8 Å². The molecule has 0 atom stereocenters. The molecule has 6 heteroatoms. The van der Waals surface area contributed by atoms with Crippen LogP contribution in [0.3, 0.4) is 0 Å². The van der Waals surface area contributed by atoms with Crippen molar-refractivity contribution >= 4 is 0 Å². The average Bonchev–Trinajstić information content (AvgIpc) is 1.58. The molecule has 0 spiro atoms. The van der Waals surface area contributed by atoms with Crippen LogP contribution in [0.25, 0.3) is 0 Å². The summed E-state index contributed by atoms with van der Waals surface area (Å²) in [7, 11) is 0. The van der Waals surface area contributed by atoms with Crippen molar-refractivity contribution in [2.75, 3.05) is 0 Å². The first-order valence-corrected chi connectivity index (χ1v) is 2.63. The number of alkyl halides is 6. The summed E-state index contributed by atoms with van der Waals surface area (Å²) in [5.74, 6) is -5.29. The minimum atomic E-state index is -5.83. The summed E-state index contributed by atoms with van der Waals surface area (Å²) in [6.45, 7) is 0.362. The van der Waals surface area contributed by atoms with Gasteiger partial charge in [-0.2, -0.15) is 22.0 Å². The van der Waals surface area contributed by atoms with Crippen LogP contribution in [-0.2, 0) is 0 Å². The predicted molar refractivity (Wildman–Crippen MR) is 26.2 cm³/mol. The first kappa shape index (κ1) is 10.6. The molecule has 0 unspecified atom stereocenters. The predicted octanol–water partition coefficient (Wildman–Crippen LogP) is 2.93. The molecule has 0 aliphatic heterocycles. The summed E-state index contributed by atoms with van der Waals surface area (Å²) < 4.78 is 70.1. The Kier molecular flexibility index (Phi) is 2.19. The van der Waals surface area contributed by atoms with Crippen molar-refractivity contribution in [1.29, 1.82) is 0 Å². The van der Waals surface area contributed by atoms with E-state index in [0.717, 1.165) is 0 Å². The Morgan fingerprint density at radius 3 is 1.00 bits per heavy atom. The molecule has 0 aromatic carbocycles. The van der Waals surface area contributed by atoms with Crippen LogP contribution in [0.15, 0.2) is 0 Å². The van der Waals surface area contributed by atoms with Gasteiger partial charge in [0, 0.05) is 0 Å². The molecule has 0 aromatic heterocycles. The lowest BCUT2D eigenvalue weighted by atomic mass is 10.0. The van der Waals surface area contributed by atoms with Gasteiger partial charge in [0.25, 0.3) is 0 Å². The van der Waals surface area contributed by atoms with Crippen molar-refractivity contribution < 1.29 is 26.3 Å². The van der Waals surface area contributed by atoms with Crippen LogP contribution in [0.1, 0.15) is 13.8 Å². The van der Waals surface area contributed by atoms with Crippen LogP contribution in [0.4, 0.5) is 26.3 Å². The van der Waals surface area contributed by atoms with E-state index in [0.29, 0.717) is 0 Å². The Bertz CT molecular complexity index is 122.